The van der Waals surface area contributed by atoms with Gasteiger partial charge in [-0.1, -0.05) is 45.0 Å². The third-order valence-electron chi connectivity index (χ3n) is 7.76. The van der Waals surface area contributed by atoms with Crippen molar-refractivity contribution in [1.82, 2.24) is 10.2 Å². The van der Waals surface area contributed by atoms with E-state index < -0.39 is 0 Å². The summed E-state index contributed by atoms with van der Waals surface area (Å²) >= 11 is 0. The molecule has 0 radical (unpaired) electrons. The van der Waals surface area contributed by atoms with Gasteiger partial charge in [0.2, 0.25) is 5.91 Å². The SMILES string of the molecule is CC(C)(C)c1cccc([C@@H]2CCC3(C2)CN(C(=O)C2CC4(COC(=O)N4)C2)C3)c1. The zero-order valence-electron chi connectivity index (χ0n) is 17.8. The highest BCUT2D eigenvalue weighted by molar-refractivity contribution is 5.82. The zero-order valence-corrected chi connectivity index (χ0v) is 17.8. The maximum Gasteiger partial charge on any atom is 0.407 e. The van der Waals surface area contributed by atoms with Gasteiger partial charge in [0.25, 0.3) is 0 Å². The molecule has 0 unspecified atom stereocenters. The van der Waals surface area contributed by atoms with Crippen LogP contribution < -0.4 is 5.32 Å². The van der Waals surface area contributed by atoms with Gasteiger partial charge < -0.3 is 15.0 Å². The number of rotatable bonds is 2. The van der Waals surface area contributed by atoms with E-state index in [2.05, 4.69) is 55.3 Å². The molecule has 29 heavy (non-hydrogen) atoms. The summed E-state index contributed by atoms with van der Waals surface area (Å²) in [7, 11) is 0. The minimum atomic E-state index is -0.341. The molecule has 2 saturated heterocycles. The van der Waals surface area contributed by atoms with E-state index in [1.54, 1.807) is 0 Å². The Kier molecular flexibility index (Phi) is 4.07. The van der Waals surface area contributed by atoms with Crippen LogP contribution in [0.1, 0.15) is 69.9 Å². The fraction of sp³-hybridized carbons (Fsp3) is 0.667. The van der Waals surface area contributed by atoms with Gasteiger partial charge in [-0.25, -0.2) is 4.79 Å². The number of carbonyl (C=O) groups is 2. The van der Waals surface area contributed by atoms with Crippen molar-refractivity contribution in [2.75, 3.05) is 19.7 Å². The number of carbonyl (C=O) groups excluding carboxylic acids is 2. The van der Waals surface area contributed by atoms with Crippen LogP contribution in [-0.4, -0.2) is 42.1 Å². The molecular formula is C24H32N2O3. The second kappa shape index (κ2) is 6.23. The monoisotopic (exact) mass is 396 g/mol. The average molecular weight is 397 g/mol. The van der Waals surface area contributed by atoms with Gasteiger partial charge in [-0.2, -0.15) is 0 Å². The normalized spacial score (nSPS) is 32.7. The van der Waals surface area contributed by atoms with Crippen molar-refractivity contribution in [2.24, 2.45) is 11.3 Å². The largest absolute Gasteiger partial charge is 0.447 e. The van der Waals surface area contributed by atoms with Crippen molar-refractivity contribution < 1.29 is 14.3 Å². The Balaban J connectivity index is 1.16. The van der Waals surface area contributed by atoms with Crippen molar-refractivity contribution in [2.45, 2.75) is 69.7 Å². The minimum absolute atomic E-state index is 0.0509. The molecule has 2 aliphatic heterocycles. The van der Waals surface area contributed by atoms with E-state index >= 15 is 0 Å². The Hall–Kier alpha value is -2.04. The Bertz CT molecular complexity index is 844. The second-order valence-corrected chi connectivity index (χ2v) is 11.1. The van der Waals surface area contributed by atoms with Crippen LogP contribution in [0.25, 0.3) is 0 Å². The lowest BCUT2D eigenvalue weighted by Crippen LogP contribution is -2.63. The molecule has 2 spiro atoms. The van der Waals surface area contributed by atoms with Gasteiger partial charge in [-0.3, -0.25) is 4.79 Å². The number of likely N-dealkylation sites (tertiary alicyclic amines) is 1. The summed E-state index contributed by atoms with van der Waals surface area (Å²) < 4.78 is 5.02. The number of nitrogens with zero attached hydrogens (tertiary/aromatic N) is 1. The van der Waals surface area contributed by atoms with Crippen LogP contribution in [0.4, 0.5) is 4.79 Å². The number of ether oxygens (including phenoxy) is 1. The summed E-state index contributed by atoms with van der Waals surface area (Å²) in [5.74, 6) is 0.947. The number of alkyl carbamates (subject to hydrolysis) is 1. The Morgan fingerprint density at radius 2 is 1.97 bits per heavy atom. The lowest BCUT2D eigenvalue weighted by molar-refractivity contribution is -0.153. The second-order valence-electron chi connectivity index (χ2n) is 11.1. The third-order valence-corrected chi connectivity index (χ3v) is 7.76. The van der Waals surface area contributed by atoms with E-state index in [0.29, 0.717) is 17.9 Å². The topological polar surface area (TPSA) is 58.6 Å². The summed E-state index contributed by atoms with van der Waals surface area (Å²) in [6, 6.07) is 9.12. The van der Waals surface area contributed by atoms with Crippen LogP contribution >= 0.6 is 0 Å². The van der Waals surface area contributed by atoms with Crippen molar-refractivity contribution in [1.29, 1.82) is 0 Å². The van der Waals surface area contributed by atoms with Gasteiger partial charge in [0.1, 0.15) is 6.61 Å². The fourth-order valence-corrected chi connectivity index (χ4v) is 5.99. The summed E-state index contributed by atoms with van der Waals surface area (Å²) in [6.45, 7) is 9.04. The van der Waals surface area contributed by atoms with Crippen LogP contribution in [0.3, 0.4) is 0 Å². The highest BCUT2D eigenvalue weighted by atomic mass is 16.6. The number of nitrogens with one attached hydrogen (secondary N) is 1. The summed E-state index contributed by atoms with van der Waals surface area (Å²) in [6.07, 6.45) is 4.76. The first kappa shape index (κ1) is 19.0. The van der Waals surface area contributed by atoms with Crippen LogP contribution in [-0.2, 0) is 14.9 Å². The molecule has 0 aromatic heterocycles. The summed E-state index contributed by atoms with van der Waals surface area (Å²) in [4.78, 5) is 26.2. The van der Waals surface area contributed by atoms with Crippen molar-refractivity contribution in [3.05, 3.63) is 35.4 Å². The van der Waals surface area contributed by atoms with Crippen molar-refractivity contribution >= 4 is 12.0 Å². The first-order valence-corrected chi connectivity index (χ1v) is 11.0. The average Bonchev–Trinajstić information content (AvgIpc) is 3.22. The predicted octanol–water partition coefficient (Wildman–Crippen LogP) is 3.97. The number of hydrogen-bond acceptors (Lipinski definition) is 3. The number of benzene rings is 1. The molecule has 5 nitrogen and oxygen atoms in total. The van der Waals surface area contributed by atoms with Crippen LogP contribution in [0.5, 0.6) is 0 Å². The van der Waals surface area contributed by atoms with Gasteiger partial charge in [0.05, 0.1) is 5.54 Å². The van der Waals surface area contributed by atoms with E-state index in [1.807, 2.05) is 0 Å². The van der Waals surface area contributed by atoms with Crippen molar-refractivity contribution in [3.63, 3.8) is 0 Å². The molecule has 1 N–H and O–H groups in total. The Morgan fingerprint density at radius 3 is 2.62 bits per heavy atom. The van der Waals surface area contributed by atoms with Crippen LogP contribution in [0, 0.1) is 11.3 Å². The van der Waals surface area contributed by atoms with Crippen LogP contribution in [0.2, 0.25) is 0 Å². The number of amides is 2. The quantitative estimate of drug-likeness (QED) is 0.823. The third kappa shape index (κ3) is 3.23. The maximum absolute atomic E-state index is 12.8. The summed E-state index contributed by atoms with van der Waals surface area (Å²) in [5.41, 5.74) is 3.11. The first-order chi connectivity index (χ1) is 13.7. The highest BCUT2D eigenvalue weighted by Crippen LogP contribution is 2.53. The van der Waals surface area contributed by atoms with Gasteiger partial charge in [-0.15, -0.1) is 0 Å². The van der Waals surface area contributed by atoms with Gasteiger partial charge in [0, 0.05) is 24.4 Å². The van der Waals surface area contributed by atoms with E-state index in [0.717, 1.165) is 25.9 Å². The Labute approximate surface area is 173 Å². The molecule has 1 atom stereocenters. The fourth-order valence-electron chi connectivity index (χ4n) is 5.99. The smallest absolute Gasteiger partial charge is 0.407 e. The van der Waals surface area contributed by atoms with E-state index in [4.69, 9.17) is 4.74 Å². The van der Waals surface area contributed by atoms with Crippen molar-refractivity contribution in [3.8, 4) is 0 Å². The Morgan fingerprint density at radius 1 is 1.21 bits per heavy atom. The maximum atomic E-state index is 12.8. The lowest BCUT2D eigenvalue weighted by Gasteiger charge is -2.52. The highest BCUT2D eigenvalue weighted by Gasteiger charge is 2.56. The lowest BCUT2D eigenvalue weighted by atomic mass is 9.67. The molecule has 2 aliphatic carbocycles. The van der Waals surface area contributed by atoms with E-state index in [9.17, 15) is 9.59 Å². The van der Waals surface area contributed by atoms with Gasteiger partial charge in [0.15, 0.2) is 0 Å². The molecule has 2 amide bonds. The molecule has 5 heteroatoms. The summed E-state index contributed by atoms with van der Waals surface area (Å²) in [5, 5.41) is 2.88. The standard InChI is InChI=1S/C24H32N2O3/c1-22(2,3)19-6-4-5-16(9-19)17-7-8-23(10-17)13-26(14-23)20(27)18-11-24(12-18)15-29-21(28)25-24/h4-6,9,17-18H,7-8,10-15H2,1-3H3,(H,25,28)/t17-,18?,24?/m1/s1. The molecule has 4 fully saturated rings. The predicted molar refractivity (Wildman–Crippen MR) is 111 cm³/mol. The number of cyclic esters (lactones) is 1. The molecule has 1 aromatic rings. The zero-order chi connectivity index (χ0) is 20.4. The minimum Gasteiger partial charge on any atom is -0.447 e. The molecule has 4 aliphatic rings. The first-order valence-electron chi connectivity index (χ1n) is 11.0. The molecule has 0 bridgehead atoms. The van der Waals surface area contributed by atoms with Gasteiger partial charge in [-0.05, 0) is 54.6 Å². The molecular weight excluding hydrogens is 364 g/mol. The molecule has 5 rings (SSSR count). The van der Waals surface area contributed by atoms with E-state index in [-0.39, 0.29) is 28.9 Å². The number of hydrogen-bond donors (Lipinski definition) is 1. The molecule has 1 aromatic carbocycles. The molecule has 156 valence electrons. The van der Waals surface area contributed by atoms with Crippen LogP contribution in [0.15, 0.2) is 24.3 Å². The van der Waals surface area contributed by atoms with E-state index in [1.165, 1.54) is 30.4 Å². The molecule has 2 saturated carbocycles. The van der Waals surface area contributed by atoms with Gasteiger partial charge >= 0.3 is 6.09 Å². The molecule has 2 heterocycles.